The lowest BCUT2D eigenvalue weighted by molar-refractivity contribution is 0.201. The van der Waals surface area contributed by atoms with E-state index in [9.17, 15) is 0 Å². The largest absolute Gasteiger partial charge is 0.395 e. The summed E-state index contributed by atoms with van der Waals surface area (Å²) in [5.74, 6) is 0. The van der Waals surface area contributed by atoms with Crippen LogP contribution in [0.4, 0.5) is 0 Å². The number of aliphatic hydroxyl groups is 1. The lowest BCUT2D eigenvalue weighted by Crippen LogP contribution is -2.24. The van der Waals surface area contributed by atoms with Crippen molar-refractivity contribution in [3.63, 3.8) is 0 Å². The molecule has 52 valence electrons. The van der Waals surface area contributed by atoms with Crippen molar-refractivity contribution in [1.29, 1.82) is 0 Å². The van der Waals surface area contributed by atoms with E-state index >= 15 is 0 Å². The average molecular weight is 144 g/mol. The van der Waals surface area contributed by atoms with Crippen LogP contribution in [0.3, 0.4) is 0 Å². The summed E-state index contributed by atoms with van der Waals surface area (Å²) in [6, 6.07) is 0. The third-order valence-electron chi connectivity index (χ3n) is 2.15. The first-order chi connectivity index (χ1) is 4.19. The van der Waals surface area contributed by atoms with Gasteiger partial charge in [-0.3, -0.25) is 0 Å². The second-order valence-electron chi connectivity index (χ2n) is 3.00. The second kappa shape index (κ2) is 2.35. The molecule has 1 aliphatic carbocycles. The number of aliphatic hydroxyl groups excluding tert-OH is 1. The fraction of sp³-hybridized carbons (Fsp3) is 0.857. The van der Waals surface area contributed by atoms with E-state index in [1.165, 1.54) is 0 Å². The molecule has 1 unspecified atom stereocenters. The Morgan fingerprint density at radius 2 is 2.44 bits per heavy atom. The highest BCUT2D eigenvalue weighted by atomic mass is 32.1. The van der Waals surface area contributed by atoms with Gasteiger partial charge in [0.1, 0.15) is 0 Å². The van der Waals surface area contributed by atoms with Crippen molar-refractivity contribution in [2.24, 2.45) is 5.41 Å². The lowest BCUT2D eigenvalue weighted by Gasteiger charge is -2.19. The molecular weight excluding hydrogens is 132 g/mol. The number of rotatable bonds is 1. The minimum atomic E-state index is -0.0185. The van der Waals surface area contributed by atoms with Crippen LogP contribution in [0, 0.1) is 5.41 Å². The van der Waals surface area contributed by atoms with E-state index in [1.807, 2.05) is 6.92 Å². The zero-order chi connectivity index (χ0) is 6.91. The van der Waals surface area contributed by atoms with Gasteiger partial charge in [-0.2, -0.15) is 0 Å². The van der Waals surface area contributed by atoms with E-state index in [0.29, 0.717) is 0 Å². The van der Waals surface area contributed by atoms with Gasteiger partial charge >= 0.3 is 0 Å². The van der Waals surface area contributed by atoms with Gasteiger partial charge in [0.05, 0.1) is 6.61 Å². The molecule has 9 heavy (non-hydrogen) atoms. The zero-order valence-corrected chi connectivity index (χ0v) is 6.50. The first-order valence-corrected chi connectivity index (χ1v) is 3.74. The Labute approximate surface area is 61.1 Å². The highest BCUT2D eigenvalue weighted by molar-refractivity contribution is 7.80. The Kier molecular flexibility index (Phi) is 1.87. The summed E-state index contributed by atoms with van der Waals surface area (Å²) >= 11 is 5.09. The van der Waals surface area contributed by atoms with E-state index in [0.717, 1.165) is 24.1 Å². The lowest BCUT2D eigenvalue weighted by atomic mass is 9.90. The van der Waals surface area contributed by atoms with Crippen molar-refractivity contribution in [3.05, 3.63) is 0 Å². The van der Waals surface area contributed by atoms with Crippen molar-refractivity contribution in [2.75, 3.05) is 6.61 Å². The first kappa shape index (κ1) is 7.16. The molecule has 2 heteroatoms. The molecule has 0 aromatic heterocycles. The molecule has 1 saturated carbocycles. The van der Waals surface area contributed by atoms with Gasteiger partial charge in [0.2, 0.25) is 0 Å². The second-order valence-corrected chi connectivity index (χ2v) is 3.49. The predicted octanol–water partition coefficient (Wildman–Crippen LogP) is 1.54. The highest BCUT2D eigenvalue weighted by Gasteiger charge is 2.32. The van der Waals surface area contributed by atoms with Gasteiger partial charge in [0.15, 0.2) is 0 Å². The molecule has 0 aromatic carbocycles. The van der Waals surface area contributed by atoms with Crippen molar-refractivity contribution >= 4 is 17.1 Å². The molecule has 1 nitrogen and oxygen atoms in total. The van der Waals surface area contributed by atoms with Crippen molar-refractivity contribution in [2.45, 2.75) is 26.2 Å². The molecule has 0 amide bonds. The standard InChI is InChI=1S/C7H12OS/c1-7(5-8)4-2-3-6(7)9/h8H,2-5H2,1H3. The molecule has 0 saturated heterocycles. The normalized spacial score (nSPS) is 35.6. The molecule has 1 rings (SSSR count). The summed E-state index contributed by atoms with van der Waals surface area (Å²) in [5, 5.41) is 8.91. The maximum absolute atomic E-state index is 8.91. The molecule has 1 fully saturated rings. The maximum Gasteiger partial charge on any atom is 0.0530 e. The smallest absolute Gasteiger partial charge is 0.0530 e. The third kappa shape index (κ3) is 1.14. The van der Waals surface area contributed by atoms with Crippen molar-refractivity contribution in [1.82, 2.24) is 0 Å². The predicted molar refractivity (Wildman–Crippen MR) is 41.6 cm³/mol. The molecule has 0 aromatic rings. The fourth-order valence-electron chi connectivity index (χ4n) is 1.25. The van der Waals surface area contributed by atoms with Crippen LogP contribution in [-0.2, 0) is 0 Å². The Morgan fingerprint density at radius 1 is 1.78 bits per heavy atom. The zero-order valence-electron chi connectivity index (χ0n) is 5.68. The maximum atomic E-state index is 8.91. The first-order valence-electron chi connectivity index (χ1n) is 3.33. The van der Waals surface area contributed by atoms with Crippen LogP contribution in [-0.4, -0.2) is 16.6 Å². The summed E-state index contributed by atoms with van der Waals surface area (Å²) in [6.07, 6.45) is 3.27. The number of hydrogen-bond acceptors (Lipinski definition) is 2. The summed E-state index contributed by atoms with van der Waals surface area (Å²) in [4.78, 5) is 1.06. The minimum Gasteiger partial charge on any atom is -0.395 e. The molecule has 0 heterocycles. The molecule has 0 bridgehead atoms. The summed E-state index contributed by atoms with van der Waals surface area (Å²) in [7, 11) is 0. The van der Waals surface area contributed by atoms with Gasteiger partial charge in [-0.05, 0) is 19.3 Å². The third-order valence-corrected chi connectivity index (χ3v) is 2.85. The highest BCUT2D eigenvalue weighted by Crippen LogP contribution is 2.34. The van der Waals surface area contributed by atoms with Gasteiger partial charge in [-0.1, -0.05) is 19.1 Å². The van der Waals surface area contributed by atoms with Crippen molar-refractivity contribution in [3.8, 4) is 0 Å². The van der Waals surface area contributed by atoms with E-state index < -0.39 is 0 Å². The summed E-state index contributed by atoms with van der Waals surface area (Å²) in [6.45, 7) is 2.27. The Bertz CT molecular complexity index is 133. The molecule has 1 atom stereocenters. The molecular formula is C7H12OS. The van der Waals surface area contributed by atoms with Crippen LogP contribution < -0.4 is 0 Å². The topological polar surface area (TPSA) is 20.2 Å². The van der Waals surface area contributed by atoms with E-state index in [2.05, 4.69) is 0 Å². The van der Waals surface area contributed by atoms with E-state index in [-0.39, 0.29) is 12.0 Å². The minimum absolute atomic E-state index is 0.0185. The summed E-state index contributed by atoms with van der Waals surface area (Å²) < 4.78 is 0. The van der Waals surface area contributed by atoms with E-state index in [1.54, 1.807) is 0 Å². The summed E-state index contributed by atoms with van der Waals surface area (Å²) in [5.41, 5.74) is -0.0185. The quantitative estimate of drug-likeness (QED) is 0.563. The van der Waals surface area contributed by atoms with Crippen LogP contribution in [0.15, 0.2) is 0 Å². The van der Waals surface area contributed by atoms with Gasteiger partial charge in [-0.15, -0.1) is 0 Å². The molecule has 0 aliphatic heterocycles. The molecule has 0 radical (unpaired) electrons. The number of thiocarbonyl (C=S) groups is 1. The molecule has 0 spiro atoms. The van der Waals surface area contributed by atoms with Crippen LogP contribution in [0.5, 0.6) is 0 Å². The van der Waals surface area contributed by atoms with Crippen LogP contribution in [0.1, 0.15) is 26.2 Å². The van der Waals surface area contributed by atoms with Crippen LogP contribution >= 0.6 is 12.2 Å². The van der Waals surface area contributed by atoms with Gasteiger partial charge < -0.3 is 5.11 Å². The number of hydrogen-bond donors (Lipinski definition) is 1. The Morgan fingerprint density at radius 3 is 2.67 bits per heavy atom. The van der Waals surface area contributed by atoms with Crippen LogP contribution in [0.2, 0.25) is 0 Å². The van der Waals surface area contributed by atoms with Gasteiger partial charge in [-0.25, -0.2) is 0 Å². The Hall–Kier alpha value is 0.0500. The SMILES string of the molecule is CC1(CO)CCCC1=S. The molecule has 1 aliphatic rings. The average Bonchev–Trinajstić information content (AvgIpc) is 2.15. The molecule has 1 N–H and O–H groups in total. The monoisotopic (exact) mass is 144 g/mol. The van der Waals surface area contributed by atoms with Crippen molar-refractivity contribution < 1.29 is 5.11 Å². The Balaban J connectivity index is 2.67. The van der Waals surface area contributed by atoms with Gasteiger partial charge in [0.25, 0.3) is 0 Å². The van der Waals surface area contributed by atoms with E-state index in [4.69, 9.17) is 17.3 Å². The van der Waals surface area contributed by atoms with Crippen LogP contribution in [0.25, 0.3) is 0 Å². The van der Waals surface area contributed by atoms with Gasteiger partial charge in [0, 0.05) is 10.3 Å². The fourth-order valence-corrected chi connectivity index (χ4v) is 1.56.